The molecule has 5 nitrogen and oxygen atoms in total. The Kier molecular flexibility index (Phi) is 6.79. The van der Waals surface area contributed by atoms with Crippen LogP contribution >= 0.6 is 0 Å². The third-order valence-electron chi connectivity index (χ3n) is 5.60. The summed E-state index contributed by atoms with van der Waals surface area (Å²) in [7, 11) is 0. The number of carbonyl (C=O) groups excluding carboxylic acids is 1. The molecule has 1 aromatic heterocycles. The monoisotopic (exact) mass is 384 g/mol. The highest BCUT2D eigenvalue weighted by molar-refractivity contribution is 5.77. The zero-order valence-corrected chi connectivity index (χ0v) is 17.5. The molecule has 2 aromatic rings. The second-order valence-corrected chi connectivity index (χ2v) is 8.00. The lowest BCUT2D eigenvalue weighted by atomic mass is 9.97. The first kappa shape index (κ1) is 20.5. The third kappa shape index (κ3) is 5.16. The quantitative estimate of drug-likeness (QED) is 0.778. The average molecular weight is 385 g/mol. The lowest BCUT2D eigenvalue weighted by molar-refractivity contribution is -0.123. The predicted molar refractivity (Wildman–Crippen MR) is 111 cm³/mol. The van der Waals surface area contributed by atoms with Crippen molar-refractivity contribution >= 4 is 5.91 Å². The van der Waals surface area contributed by atoms with Crippen molar-refractivity contribution in [2.45, 2.75) is 46.6 Å². The summed E-state index contributed by atoms with van der Waals surface area (Å²) in [5, 5.41) is 3.04. The second kappa shape index (κ2) is 9.28. The number of benzene rings is 1. The van der Waals surface area contributed by atoms with Gasteiger partial charge in [-0.15, -0.1) is 0 Å². The highest BCUT2D eigenvalue weighted by Gasteiger charge is 2.27. The molecule has 0 aliphatic carbocycles. The van der Waals surface area contributed by atoms with Crippen LogP contribution in [-0.2, 0) is 4.79 Å². The van der Waals surface area contributed by atoms with Crippen LogP contribution in [0.1, 0.15) is 48.5 Å². The Morgan fingerprint density at radius 3 is 2.46 bits per heavy atom. The van der Waals surface area contributed by atoms with E-state index in [9.17, 15) is 4.79 Å². The lowest BCUT2D eigenvalue weighted by Gasteiger charge is -2.35. The number of rotatable bonds is 7. The van der Waals surface area contributed by atoms with Crippen LogP contribution in [0.2, 0.25) is 0 Å². The van der Waals surface area contributed by atoms with E-state index in [2.05, 4.69) is 17.1 Å². The molecular formula is C23H32N2O3. The summed E-state index contributed by atoms with van der Waals surface area (Å²) in [5.41, 5.74) is 2.08. The Morgan fingerprint density at radius 1 is 1.18 bits per heavy atom. The van der Waals surface area contributed by atoms with Crippen LogP contribution in [0.3, 0.4) is 0 Å². The molecule has 1 aliphatic heterocycles. The summed E-state index contributed by atoms with van der Waals surface area (Å²) >= 11 is 0. The summed E-state index contributed by atoms with van der Waals surface area (Å²) in [6, 6.07) is 10.1. The van der Waals surface area contributed by atoms with Crippen molar-refractivity contribution in [1.82, 2.24) is 10.2 Å². The number of carbonyl (C=O) groups is 1. The van der Waals surface area contributed by atoms with E-state index in [1.807, 2.05) is 51.1 Å². The summed E-state index contributed by atoms with van der Waals surface area (Å²) < 4.78 is 11.7. The van der Waals surface area contributed by atoms with Crippen LogP contribution in [0.4, 0.5) is 0 Å². The Morgan fingerprint density at radius 2 is 1.86 bits per heavy atom. The minimum Gasteiger partial charge on any atom is -0.483 e. The van der Waals surface area contributed by atoms with Gasteiger partial charge in [-0.3, -0.25) is 9.69 Å². The minimum atomic E-state index is -0.110. The Hall–Kier alpha value is -2.27. The number of furan rings is 1. The third-order valence-corrected chi connectivity index (χ3v) is 5.60. The largest absolute Gasteiger partial charge is 0.483 e. The number of aryl methyl sites for hydroxylation is 3. The zero-order valence-electron chi connectivity index (χ0n) is 17.5. The molecule has 1 amide bonds. The molecule has 1 atom stereocenters. The first-order valence-corrected chi connectivity index (χ1v) is 10.2. The van der Waals surface area contributed by atoms with E-state index in [-0.39, 0.29) is 18.6 Å². The van der Waals surface area contributed by atoms with Gasteiger partial charge in [-0.25, -0.2) is 0 Å². The van der Waals surface area contributed by atoms with Crippen LogP contribution in [0.25, 0.3) is 0 Å². The van der Waals surface area contributed by atoms with Gasteiger partial charge in [-0.1, -0.05) is 25.1 Å². The zero-order chi connectivity index (χ0) is 20.1. The molecule has 2 heterocycles. The smallest absolute Gasteiger partial charge is 0.258 e. The number of para-hydroxylation sites is 1. The molecule has 0 spiro atoms. The van der Waals surface area contributed by atoms with Gasteiger partial charge in [0.25, 0.3) is 5.91 Å². The Balaban J connectivity index is 1.59. The Bertz CT molecular complexity index is 771. The van der Waals surface area contributed by atoms with Crippen LogP contribution in [0.5, 0.6) is 5.75 Å². The fraction of sp³-hybridized carbons (Fsp3) is 0.522. The number of amides is 1. The van der Waals surface area contributed by atoms with Gasteiger partial charge in [0, 0.05) is 6.54 Å². The topological polar surface area (TPSA) is 54.7 Å². The second-order valence-electron chi connectivity index (χ2n) is 8.00. The summed E-state index contributed by atoms with van der Waals surface area (Å²) in [4.78, 5) is 14.9. The standard InChI is InChI=1S/C23H32N2O3/c1-16-10-12-25(13-11-16)20(21-9-8-19(4)28-21)14-24-22(26)15-27-23-17(2)6-5-7-18(23)3/h5-9,16,20H,10-15H2,1-4H3,(H,24,26). The number of piperidine rings is 1. The number of nitrogens with zero attached hydrogens (tertiary/aromatic N) is 1. The maximum absolute atomic E-state index is 12.4. The number of hydrogen-bond acceptors (Lipinski definition) is 4. The van der Waals surface area contributed by atoms with Crippen molar-refractivity contribution in [1.29, 1.82) is 0 Å². The summed E-state index contributed by atoms with van der Waals surface area (Å²) in [6.45, 7) is 10.8. The number of nitrogens with one attached hydrogen (secondary N) is 1. The van der Waals surface area contributed by atoms with Crippen molar-refractivity contribution in [2.24, 2.45) is 5.92 Å². The molecule has 0 saturated carbocycles. The van der Waals surface area contributed by atoms with E-state index < -0.39 is 0 Å². The van der Waals surface area contributed by atoms with E-state index in [0.717, 1.165) is 47.4 Å². The molecule has 1 unspecified atom stereocenters. The molecule has 1 aromatic carbocycles. The molecule has 1 saturated heterocycles. The normalized spacial score (nSPS) is 16.7. The highest BCUT2D eigenvalue weighted by atomic mass is 16.5. The summed E-state index contributed by atoms with van der Waals surface area (Å²) in [5.74, 6) is 3.26. The average Bonchev–Trinajstić information content (AvgIpc) is 3.09. The van der Waals surface area contributed by atoms with Crippen molar-refractivity contribution in [3.63, 3.8) is 0 Å². The Labute approximate surface area is 168 Å². The summed E-state index contributed by atoms with van der Waals surface area (Å²) in [6.07, 6.45) is 2.36. The van der Waals surface area contributed by atoms with Crippen molar-refractivity contribution in [3.05, 3.63) is 53.0 Å². The maximum Gasteiger partial charge on any atom is 0.258 e. The van der Waals surface area contributed by atoms with Gasteiger partial charge in [-0.2, -0.15) is 0 Å². The van der Waals surface area contributed by atoms with Crippen LogP contribution in [0, 0.1) is 26.7 Å². The van der Waals surface area contributed by atoms with E-state index in [1.165, 1.54) is 12.8 Å². The van der Waals surface area contributed by atoms with Gasteiger partial charge in [0.2, 0.25) is 0 Å². The van der Waals surface area contributed by atoms with E-state index >= 15 is 0 Å². The lowest BCUT2D eigenvalue weighted by Crippen LogP contribution is -2.42. The van der Waals surface area contributed by atoms with Crippen molar-refractivity contribution in [2.75, 3.05) is 26.2 Å². The molecule has 5 heteroatoms. The molecule has 0 bridgehead atoms. The molecule has 1 aliphatic rings. The first-order chi connectivity index (χ1) is 13.4. The number of ether oxygens (including phenoxy) is 1. The van der Waals surface area contributed by atoms with E-state index in [0.29, 0.717) is 6.54 Å². The molecule has 152 valence electrons. The van der Waals surface area contributed by atoms with Gasteiger partial charge >= 0.3 is 0 Å². The van der Waals surface area contributed by atoms with Gasteiger partial charge in [0.1, 0.15) is 17.3 Å². The molecule has 28 heavy (non-hydrogen) atoms. The molecule has 1 N–H and O–H groups in total. The van der Waals surface area contributed by atoms with E-state index in [1.54, 1.807) is 0 Å². The van der Waals surface area contributed by atoms with Gasteiger partial charge in [-0.05, 0) is 75.9 Å². The first-order valence-electron chi connectivity index (χ1n) is 10.2. The van der Waals surface area contributed by atoms with Gasteiger partial charge < -0.3 is 14.5 Å². The molecule has 0 radical (unpaired) electrons. The van der Waals surface area contributed by atoms with Crippen LogP contribution in [-0.4, -0.2) is 37.0 Å². The number of likely N-dealkylation sites (tertiary alicyclic amines) is 1. The van der Waals surface area contributed by atoms with Crippen LogP contribution in [0.15, 0.2) is 34.7 Å². The van der Waals surface area contributed by atoms with Crippen molar-refractivity contribution < 1.29 is 13.9 Å². The fourth-order valence-electron chi connectivity index (χ4n) is 3.81. The van der Waals surface area contributed by atoms with Gasteiger partial charge in [0.05, 0.1) is 6.04 Å². The van der Waals surface area contributed by atoms with Gasteiger partial charge in [0.15, 0.2) is 6.61 Å². The molecule has 1 fully saturated rings. The predicted octanol–water partition coefficient (Wildman–Crippen LogP) is 4.17. The SMILES string of the molecule is Cc1ccc(C(CNC(=O)COc2c(C)cccc2C)N2CCC(C)CC2)o1. The number of hydrogen-bond donors (Lipinski definition) is 1. The minimum absolute atomic E-state index is 0.0205. The fourth-order valence-corrected chi connectivity index (χ4v) is 3.81. The van der Waals surface area contributed by atoms with Crippen LogP contribution < -0.4 is 10.1 Å². The molecular weight excluding hydrogens is 352 g/mol. The highest BCUT2D eigenvalue weighted by Crippen LogP contribution is 2.27. The van der Waals surface area contributed by atoms with E-state index in [4.69, 9.17) is 9.15 Å². The van der Waals surface area contributed by atoms with Crippen molar-refractivity contribution in [3.8, 4) is 5.75 Å². The maximum atomic E-state index is 12.4. The molecule has 3 rings (SSSR count).